The van der Waals surface area contributed by atoms with Crippen LogP contribution in [0.3, 0.4) is 0 Å². The molecule has 1 aliphatic rings. The molecule has 112 valence electrons. The Morgan fingerprint density at radius 3 is 2.67 bits per heavy atom. The number of carbonyl (C=O) groups is 3. The smallest absolute Gasteiger partial charge is 0.256 e. The second kappa shape index (κ2) is 6.34. The maximum absolute atomic E-state index is 12.5. The molecule has 1 aliphatic heterocycles. The molecule has 0 bridgehead atoms. The lowest BCUT2D eigenvalue weighted by Gasteiger charge is -2.40. The molecule has 21 heavy (non-hydrogen) atoms. The van der Waals surface area contributed by atoms with Crippen LogP contribution in [-0.4, -0.2) is 65.2 Å². The van der Waals surface area contributed by atoms with Gasteiger partial charge in [-0.25, -0.2) is 0 Å². The van der Waals surface area contributed by atoms with Crippen molar-refractivity contribution < 1.29 is 14.4 Å². The van der Waals surface area contributed by atoms with E-state index in [0.29, 0.717) is 18.7 Å². The van der Waals surface area contributed by atoms with Gasteiger partial charge in [-0.3, -0.25) is 19.4 Å². The maximum Gasteiger partial charge on any atom is 0.256 e. The number of amides is 3. The minimum Gasteiger partial charge on any atom is -0.357 e. The summed E-state index contributed by atoms with van der Waals surface area (Å²) < 4.78 is 0. The Balaban J connectivity index is 2.22. The average Bonchev–Trinajstić information content (AvgIpc) is 2.53. The van der Waals surface area contributed by atoms with Gasteiger partial charge in [0.2, 0.25) is 11.8 Å². The van der Waals surface area contributed by atoms with Gasteiger partial charge in [-0.1, -0.05) is 0 Å². The number of carbonyl (C=O) groups excluding carboxylic acids is 3. The molecular formula is C14H18N4O3. The van der Waals surface area contributed by atoms with Gasteiger partial charge in [0.25, 0.3) is 5.91 Å². The van der Waals surface area contributed by atoms with E-state index in [1.165, 1.54) is 25.1 Å². The molecule has 0 aliphatic carbocycles. The number of piperazine rings is 1. The van der Waals surface area contributed by atoms with E-state index in [9.17, 15) is 14.4 Å². The van der Waals surface area contributed by atoms with Crippen LogP contribution in [0.5, 0.6) is 0 Å². The Bertz CT molecular complexity index is 546. The molecule has 1 aromatic rings. The lowest BCUT2D eigenvalue weighted by Crippen LogP contribution is -2.61. The van der Waals surface area contributed by atoms with Crippen LogP contribution < -0.4 is 5.32 Å². The Morgan fingerprint density at radius 1 is 1.33 bits per heavy atom. The highest BCUT2D eigenvalue weighted by Gasteiger charge is 2.36. The van der Waals surface area contributed by atoms with Gasteiger partial charge in [-0.15, -0.1) is 0 Å². The molecule has 7 heteroatoms. The number of pyridine rings is 1. The largest absolute Gasteiger partial charge is 0.357 e. The molecule has 0 saturated carbocycles. The van der Waals surface area contributed by atoms with Crippen molar-refractivity contribution in [1.29, 1.82) is 0 Å². The zero-order chi connectivity index (χ0) is 15.4. The third-order valence-electron chi connectivity index (χ3n) is 3.54. The molecule has 0 radical (unpaired) electrons. The first-order valence-electron chi connectivity index (χ1n) is 6.72. The minimum atomic E-state index is -0.680. The van der Waals surface area contributed by atoms with Crippen LogP contribution in [0.2, 0.25) is 0 Å². The van der Waals surface area contributed by atoms with Gasteiger partial charge >= 0.3 is 0 Å². The van der Waals surface area contributed by atoms with Crippen molar-refractivity contribution in [2.75, 3.05) is 26.7 Å². The van der Waals surface area contributed by atoms with Crippen molar-refractivity contribution in [2.24, 2.45) is 0 Å². The molecule has 0 aromatic carbocycles. The quantitative estimate of drug-likeness (QED) is 0.796. The van der Waals surface area contributed by atoms with Crippen molar-refractivity contribution in [2.45, 2.75) is 13.0 Å². The van der Waals surface area contributed by atoms with Crippen molar-refractivity contribution in [1.82, 2.24) is 20.1 Å². The van der Waals surface area contributed by atoms with Gasteiger partial charge in [0.05, 0.1) is 12.1 Å². The van der Waals surface area contributed by atoms with Crippen LogP contribution in [0.1, 0.15) is 17.3 Å². The fraction of sp³-hybridized carbons (Fsp3) is 0.429. The predicted molar refractivity (Wildman–Crippen MR) is 75.4 cm³/mol. The van der Waals surface area contributed by atoms with E-state index in [-0.39, 0.29) is 24.3 Å². The second-order valence-corrected chi connectivity index (χ2v) is 4.84. The van der Waals surface area contributed by atoms with Crippen molar-refractivity contribution in [3.63, 3.8) is 0 Å². The third kappa shape index (κ3) is 3.18. The Labute approximate surface area is 122 Å². The van der Waals surface area contributed by atoms with Crippen LogP contribution in [0.15, 0.2) is 24.5 Å². The summed E-state index contributed by atoms with van der Waals surface area (Å²) in [5.74, 6) is -0.629. The first kappa shape index (κ1) is 15.0. The summed E-state index contributed by atoms with van der Waals surface area (Å²) in [7, 11) is 1.52. The number of aromatic nitrogens is 1. The lowest BCUT2D eigenvalue weighted by molar-refractivity contribution is -0.135. The lowest BCUT2D eigenvalue weighted by atomic mass is 10.1. The van der Waals surface area contributed by atoms with Crippen LogP contribution >= 0.6 is 0 Å². The van der Waals surface area contributed by atoms with Crippen molar-refractivity contribution in [3.05, 3.63) is 30.1 Å². The highest BCUT2D eigenvalue weighted by Crippen LogP contribution is 2.14. The average molecular weight is 290 g/mol. The van der Waals surface area contributed by atoms with Gasteiger partial charge in [0.15, 0.2) is 0 Å². The Kier molecular flexibility index (Phi) is 4.52. The molecule has 3 amide bonds. The van der Waals surface area contributed by atoms with Crippen LogP contribution in [-0.2, 0) is 9.59 Å². The first-order valence-corrected chi connectivity index (χ1v) is 6.72. The highest BCUT2D eigenvalue weighted by molar-refractivity contribution is 5.97. The number of likely N-dealkylation sites (N-methyl/N-ethyl adjacent to an activating group) is 1. The van der Waals surface area contributed by atoms with E-state index in [4.69, 9.17) is 0 Å². The van der Waals surface area contributed by atoms with E-state index >= 15 is 0 Å². The molecule has 1 aromatic heterocycles. The summed E-state index contributed by atoms with van der Waals surface area (Å²) in [5.41, 5.74) is 0.433. The number of hydrogen-bond donors (Lipinski definition) is 1. The molecule has 1 fully saturated rings. The number of nitrogens with zero attached hydrogens (tertiary/aromatic N) is 3. The molecule has 2 heterocycles. The minimum absolute atomic E-state index is 0.0996. The third-order valence-corrected chi connectivity index (χ3v) is 3.54. The molecule has 7 nitrogen and oxygen atoms in total. The van der Waals surface area contributed by atoms with E-state index in [2.05, 4.69) is 10.3 Å². The Hall–Kier alpha value is -2.44. The van der Waals surface area contributed by atoms with E-state index in [0.717, 1.165) is 0 Å². The summed E-state index contributed by atoms with van der Waals surface area (Å²) in [6.07, 6.45) is 3.06. The fourth-order valence-electron chi connectivity index (χ4n) is 2.36. The highest BCUT2D eigenvalue weighted by atomic mass is 16.2. The summed E-state index contributed by atoms with van der Waals surface area (Å²) in [5, 5.41) is 2.54. The number of rotatable bonds is 2. The molecular weight excluding hydrogens is 272 g/mol. The molecule has 2 rings (SSSR count). The van der Waals surface area contributed by atoms with Crippen molar-refractivity contribution in [3.8, 4) is 0 Å². The first-order chi connectivity index (χ1) is 10.0. The summed E-state index contributed by atoms with van der Waals surface area (Å²) in [6.45, 7) is 2.42. The second-order valence-electron chi connectivity index (χ2n) is 4.84. The molecule has 1 atom stereocenters. The van der Waals surface area contributed by atoms with Gasteiger partial charge in [0.1, 0.15) is 6.04 Å². The standard InChI is InChI=1S/C14H18N4O3/c1-10(19)17-6-7-18(12(9-17)13(20)15-2)14(21)11-4-3-5-16-8-11/h3-5,8,12H,6-7,9H2,1-2H3,(H,15,20)/t12-/m0/s1. The molecule has 1 N–H and O–H groups in total. The van der Waals surface area contributed by atoms with Crippen molar-refractivity contribution >= 4 is 17.7 Å². The van der Waals surface area contributed by atoms with Crippen LogP contribution in [0.25, 0.3) is 0 Å². The van der Waals surface area contributed by atoms with Gasteiger partial charge in [-0.2, -0.15) is 0 Å². The fourth-order valence-corrected chi connectivity index (χ4v) is 2.36. The van der Waals surface area contributed by atoms with Gasteiger partial charge in [-0.05, 0) is 12.1 Å². The summed E-state index contributed by atoms with van der Waals surface area (Å²) in [4.78, 5) is 43.0. The number of nitrogens with one attached hydrogen (secondary N) is 1. The zero-order valence-electron chi connectivity index (χ0n) is 12.1. The zero-order valence-corrected chi connectivity index (χ0v) is 12.1. The normalized spacial score (nSPS) is 18.3. The summed E-state index contributed by atoms with van der Waals surface area (Å²) in [6, 6.07) is 2.65. The number of hydrogen-bond acceptors (Lipinski definition) is 4. The molecule has 0 unspecified atom stereocenters. The van der Waals surface area contributed by atoms with Crippen LogP contribution in [0, 0.1) is 0 Å². The van der Waals surface area contributed by atoms with E-state index < -0.39 is 6.04 Å². The van der Waals surface area contributed by atoms with E-state index in [1.807, 2.05) is 0 Å². The predicted octanol–water partition coefficient (Wildman–Crippen LogP) is -0.499. The maximum atomic E-state index is 12.5. The van der Waals surface area contributed by atoms with Gasteiger partial charge in [0, 0.05) is 39.5 Å². The monoisotopic (exact) mass is 290 g/mol. The topological polar surface area (TPSA) is 82.6 Å². The molecule has 1 saturated heterocycles. The van der Waals surface area contributed by atoms with Gasteiger partial charge < -0.3 is 15.1 Å². The van der Waals surface area contributed by atoms with Crippen LogP contribution in [0.4, 0.5) is 0 Å². The Morgan fingerprint density at radius 2 is 2.10 bits per heavy atom. The SMILES string of the molecule is CNC(=O)[C@@H]1CN(C(C)=O)CCN1C(=O)c1cccnc1. The van der Waals surface area contributed by atoms with E-state index in [1.54, 1.807) is 23.2 Å². The molecule has 0 spiro atoms. The summed E-state index contributed by atoms with van der Waals surface area (Å²) >= 11 is 0.